The molecule has 0 bridgehead atoms. The Hall–Kier alpha value is -2.49. The van der Waals surface area contributed by atoms with Gasteiger partial charge in [0.1, 0.15) is 4.90 Å². The highest BCUT2D eigenvalue weighted by molar-refractivity contribution is 7.89. The van der Waals surface area contributed by atoms with Crippen molar-refractivity contribution in [1.29, 1.82) is 0 Å². The normalized spacial score (nSPS) is 25.4. The lowest BCUT2D eigenvalue weighted by Gasteiger charge is -2.27. The molecule has 3 unspecified atom stereocenters. The quantitative estimate of drug-likeness (QED) is 0.559. The molecule has 0 amide bonds. The number of sulfonamides is 1. The van der Waals surface area contributed by atoms with E-state index in [1.807, 2.05) is 0 Å². The van der Waals surface area contributed by atoms with Crippen molar-refractivity contribution in [2.75, 3.05) is 38.2 Å². The second-order valence-corrected chi connectivity index (χ2v) is 10.00. The fourth-order valence-corrected chi connectivity index (χ4v) is 6.50. The highest BCUT2D eigenvalue weighted by atomic mass is 32.2. The van der Waals surface area contributed by atoms with Crippen molar-refractivity contribution in [3.8, 4) is 0 Å². The van der Waals surface area contributed by atoms with E-state index in [2.05, 4.69) is 29.6 Å². The van der Waals surface area contributed by atoms with Gasteiger partial charge in [0.15, 0.2) is 0 Å². The van der Waals surface area contributed by atoms with Gasteiger partial charge in [0.05, 0.1) is 23.8 Å². The summed E-state index contributed by atoms with van der Waals surface area (Å²) in [5.41, 5.74) is 3.00. The van der Waals surface area contributed by atoms with E-state index in [1.165, 1.54) is 27.6 Å². The average molecular weight is 429 g/mol. The molecule has 1 saturated heterocycles. The summed E-state index contributed by atoms with van der Waals surface area (Å²) in [6.07, 6.45) is 1.06. The number of anilines is 1. The van der Waals surface area contributed by atoms with Crippen molar-refractivity contribution in [3.05, 3.63) is 63.7 Å². The third-order valence-corrected chi connectivity index (χ3v) is 8.43. The van der Waals surface area contributed by atoms with Crippen LogP contribution >= 0.6 is 0 Å². The Morgan fingerprint density at radius 1 is 1.17 bits per heavy atom. The Morgan fingerprint density at radius 2 is 1.93 bits per heavy atom. The lowest BCUT2D eigenvalue weighted by molar-refractivity contribution is -0.385. The van der Waals surface area contributed by atoms with E-state index in [1.54, 1.807) is 0 Å². The lowest BCUT2D eigenvalue weighted by Crippen LogP contribution is -2.40. The van der Waals surface area contributed by atoms with Gasteiger partial charge in [-0.15, -0.1) is 0 Å². The minimum Gasteiger partial charge on any atom is -0.384 e. The van der Waals surface area contributed by atoms with E-state index in [0.29, 0.717) is 43.2 Å². The molecule has 0 radical (unpaired) electrons. The summed E-state index contributed by atoms with van der Waals surface area (Å²) in [6.45, 7) is 1.78. The Labute approximate surface area is 175 Å². The smallest absolute Gasteiger partial charge is 0.270 e. The molecule has 30 heavy (non-hydrogen) atoms. The fraction of sp³-hybridized carbons (Fsp3) is 0.429. The van der Waals surface area contributed by atoms with Crippen molar-refractivity contribution in [2.24, 2.45) is 11.8 Å². The number of ether oxygens (including phenoxy) is 1. The van der Waals surface area contributed by atoms with Gasteiger partial charge >= 0.3 is 0 Å². The molecule has 0 aromatic heterocycles. The zero-order valence-corrected chi connectivity index (χ0v) is 17.2. The van der Waals surface area contributed by atoms with E-state index in [0.717, 1.165) is 12.5 Å². The Balaban J connectivity index is 1.38. The largest absolute Gasteiger partial charge is 0.384 e. The van der Waals surface area contributed by atoms with Crippen LogP contribution < -0.4 is 5.32 Å². The molecule has 3 atom stereocenters. The summed E-state index contributed by atoms with van der Waals surface area (Å²) in [5, 5.41) is 14.5. The van der Waals surface area contributed by atoms with E-state index in [-0.39, 0.29) is 23.7 Å². The van der Waals surface area contributed by atoms with Gasteiger partial charge in [0.2, 0.25) is 10.0 Å². The van der Waals surface area contributed by atoms with Gasteiger partial charge in [-0.3, -0.25) is 10.1 Å². The second kappa shape index (κ2) is 7.33. The molecular formula is C21H23N3O5S. The number of nitrogens with one attached hydrogen (secondary N) is 1. The van der Waals surface area contributed by atoms with Gasteiger partial charge in [-0.1, -0.05) is 24.3 Å². The molecule has 2 aliphatic carbocycles. The molecule has 1 saturated carbocycles. The third-order valence-electron chi connectivity index (χ3n) is 6.49. The molecule has 2 aromatic rings. The molecular weight excluding hydrogens is 406 g/mol. The van der Waals surface area contributed by atoms with Crippen LogP contribution in [0.25, 0.3) is 0 Å². The van der Waals surface area contributed by atoms with Crippen molar-refractivity contribution >= 4 is 21.4 Å². The van der Waals surface area contributed by atoms with Crippen molar-refractivity contribution in [2.45, 2.75) is 17.2 Å². The maximum Gasteiger partial charge on any atom is 0.270 e. The van der Waals surface area contributed by atoms with E-state index < -0.39 is 14.9 Å². The van der Waals surface area contributed by atoms with Crippen LogP contribution in [0.4, 0.5) is 11.4 Å². The molecule has 5 rings (SSSR count). The number of hydrogen-bond acceptors (Lipinski definition) is 6. The van der Waals surface area contributed by atoms with Crippen LogP contribution in [0.5, 0.6) is 0 Å². The monoisotopic (exact) mass is 429 g/mol. The molecule has 1 N–H and O–H groups in total. The van der Waals surface area contributed by atoms with Gasteiger partial charge in [-0.05, 0) is 41.4 Å². The molecule has 0 spiro atoms. The lowest BCUT2D eigenvalue weighted by atomic mass is 10.0. The summed E-state index contributed by atoms with van der Waals surface area (Å²) in [6, 6.07) is 12.5. The summed E-state index contributed by atoms with van der Waals surface area (Å²) in [5.74, 6) is 1.56. The van der Waals surface area contributed by atoms with Crippen molar-refractivity contribution in [3.63, 3.8) is 0 Å². The van der Waals surface area contributed by atoms with E-state index in [4.69, 9.17) is 4.74 Å². The number of nitro groups is 1. The van der Waals surface area contributed by atoms with Crippen molar-refractivity contribution < 1.29 is 18.1 Å². The highest BCUT2D eigenvalue weighted by Gasteiger charge is 2.54. The highest BCUT2D eigenvalue weighted by Crippen LogP contribution is 2.61. The third kappa shape index (κ3) is 3.27. The number of benzene rings is 2. The summed E-state index contributed by atoms with van der Waals surface area (Å²) < 4.78 is 33.0. The maximum atomic E-state index is 13.2. The summed E-state index contributed by atoms with van der Waals surface area (Å²) in [4.78, 5) is 10.6. The summed E-state index contributed by atoms with van der Waals surface area (Å²) in [7, 11) is -3.86. The summed E-state index contributed by atoms with van der Waals surface area (Å²) >= 11 is 0. The van der Waals surface area contributed by atoms with Crippen LogP contribution in [-0.2, 0) is 21.2 Å². The molecule has 3 aliphatic rings. The Morgan fingerprint density at radius 3 is 2.70 bits per heavy atom. The molecule has 8 nitrogen and oxygen atoms in total. The molecule has 1 heterocycles. The van der Waals surface area contributed by atoms with Crippen LogP contribution in [0.3, 0.4) is 0 Å². The van der Waals surface area contributed by atoms with E-state index >= 15 is 0 Å². The first kappa shape index (κ1) is 19.5. The Kier molecular flexibility index (Phi) is 4.76. The first-order valence-electron chi connectivity index (χ1n) is 10.1. The number of non-ortho nitro benzene ring substituents is 1. The minimum absolute atomic E-state index is 0.0372. The average Bonchev–Trinajstić information content (AvgIpc) is 3.30. The topological polar surface area (TPSA) is 102 Å². The van der Waals surface area contributed by atoms with E-state index in [9.17, 15) is 18.5 Å². The number of fused-ring (bicyclic) bond motifs is 3. The van der Waals surface area contributed by atoms with Gasteiger partial charge in [0, 0.05) is 31.8 Å². The number of hydrogen-bond donors (Lipinski definition) is 1. The van der Waals surface area contributed by atoms with Gasteiger partial charge in [0.25, 0.3) is 5.69 Å². The fourth-order valence-electron chi connectivity index (χ4n) is 4.90. The number of rotatable bonds is 6. The predicted molar refractivity (Wildman–Crippen MR) is 111 cm³/mol. The van der Waals surface area contributed by atoms with Crippen molar-refractivity contribution in [1.82, 2.24) is 4.31 Å². The maximum absolute atomic E-state index is 13.2. The second-order valence-electron chi connectivity index (χ2n) is 8.09. The standard InChI is InChI=1S/C21H23N3O5S/c25-24(26)15-5-6-19(20(12-15)30(27,28)23-7-9-29-10-8-23)22-13-18-17-11-14-3-1-2-4-16(14)21(17)18/h1-6,12,17-18,21-22H,7-11,13H2. The van der Waals surface area contributed by atoms with Crippen LogP contribution in [-0.4, -0.2) is 50.5 Å². The number of nitro benzene ring substituents is 1. The molecule has 9 heteroatoms. The number of nitrogens with zero attached hydrogens (tertiary/aromatic N) is 2. The van der Waals surface area contributed by atoms with Gasteiger partial charge in [-0.25, -0.2) is 8.42 Å². The van der Waals surface area contributed by atoms with Crippen LogP contribution in [0.1, 0.15) is 17.0 Å². The predicted octanol–water partition coefficient (Wildman–Crippen LogP) is 2.61. The van der Waals surface area contributed by atoms with Crippen LogP contribution in [0.2, 0.25) is 0 Å². The van der Waals surface area contributed by atoms with Crippen LogP contribution in [0, 0.1) is 22.0 Å². The van der Waals surface area contributed by atoms with Gasteiger partial charge < -0.3 is 10.1 Å². The SMILES string of the molecule is O=[N+]([O-])c1ccc(NCC2C3Cc4ccccc4C23)c(S(=O)(=O)N2CCOCC2)c1. The van der Waals surface area contributed by atoms with Crippen LogP contribution in [0.15, 0.2) is 47.4 Å². The first-order chi connectivity index (χ1) is 14.5. The minimum atomic E-state index is -3.86. The van der Waals surface area contributed by atoms with Gasteiger partial charge in [-0.2, -0.15) is 4.31 Å². The molecule has 1 aliphatic heterocycles. The molecule has 2 aromatic carbocycles. The Bertz CT molecular complexity index is 1100. The zero-order valence-electron chi connectivity index (χ0n) is 16.4. The molecule has 2 fully saturated rings. The number of morpholine rings is 1. The first-order valence-corrected chi connectivity index (χ1v) is 11.6. The molecule has 158 valence electrons. The zero-order chi connectivity index (χ0) is 20.9.